The summed E-state index contributed by atoms with van der Waals surface area (Å²) in [6, 6.07) is 0. The Labute approximate surface area is 93.6 Å². The lowest BCUT2D eigenvalue weighted by Gasteiger charge is -2.08. The predicted molar refractivity (Wildman–Crippen MR) is 52.9 cm³/mol. The summed E-state index contributed by atoms with van der Waals surface area (Å²) in [7, 11) is 0. The summed E-state index contributed by atoms with van der Waals surface area (Å²) in [5.74, 6) is -0.790. The normalized spacial score (nSPS) is 10.5. The fourth-order valence-corrected chi connectivity index (χ4v) is 1.54. The molecule has 0 aromatic carbocycles. The molecule has 82 valence electrons. The summed E-state index contributed by atoms with van der Waals surface area (Å²) in [5, 5.41) is 0. The Morgan fingerprint density at radius 2 is 2.27 bits per heavy atom. The van der Waals surface area contributed by atoms with Gasteiger partial charge in [-0.15, -0.1) is 0 Å². The van der Waals surface area contributed by atoms with Crippen LogP contribution in [0, 0.1) is 0 Å². The van der Waals surface area contributed by atoms with Crippen molar-refractivity contribution in [2.45, 2.75) is 13.3 Å². The average molecular weight is 280 g/mol. The number of halogens is 3. The average Bonchev–Trinajstić information content (AvgIpc) is 2.17. The Morgan fingerprint density at radius 3 is 2.80 bits per heavy atom. The van der Waals surface area contributed by atoms with Gasteiger partial charge >= 0.3 is 5.97 Å². The van der Waals surface area contributed by atoms with E-state index in [2.05, 4.69) is 25.7 Å². The standard InChI is InChI=1S/C9H8BrF2NO2/c1-2-15-9(14)5-3-13-4-6(10)7(5)8(11)12/h3-4,8H,2H2,1H3. The van der Waals surface area contributed by atoms with Gasteiger partial charge in [0.2, 0.25) is 0 Å². The van der Waals surface area contributed by atoms with Crippen LogP contribution in [0.4, 0.5) is 8.78 Å². The van der Waals surface area contributed by atoms with Crippen molar-refractivity contribution in [1.29, 1.82) is 0 Å². The SMILES string of the molecule is CCOC(=O)c1cncc(Br)c1C(F)F. The number of carbonyl (C=O) groups is 1. The second-order valence-electron chi connectivity index (χ2n) is 2.60. The lowest BCUT2D eigenvalue weighted by Crippen LogP contribution is -2.09. The first-order chi connectivity index (χ1) is 7.07. The van der Waals surface area contributed by atoms with Crippen molar-refractivity contribution in [2.24, 2.45) is 0 Å². The monoisotopic (exact) mass is 279 g/mol. The highest BCUT2D eigenvalue weighted by molar-refractivity contribution is 9.10. The van der Waals surface area contributed by atoms with E-state index in [9.17, 15) is 13.6 Å². The molecule has 15 heavy (non-hydrogen) atoms. The molecule has 3 nitrogen and oxygen atoms in total. The van der Waals surface area contributed by atoms with Crippen LogP contribution in [0.2, 0.25) is 0 Å². The van der Waals surface area contributed by atoms with E-state index < -0.39 is 12.4 Å². The van der Waals surface area contributed by atoms with Gasteiger partial charge in [-0.25, -0.2) is 13.6 Å². The highest BCUT2D eigenvalue weighted by atomic mass is 79.9. The van der Waals surface area contributed by atoms with E-state index in [1.807, 2.05) is 0 Å². The molecular formula is C9H8BrF2NO2. The molecule has 0 amide bonds. The summed E-state index contributed by atoms with van der Waals surface area (Å²) in [6.07, 6.45) is -0.462. The van der Waals surface area contributed by atoms with E-state index in [-0.39, 0.29) is 22.2 Å². The quantitative estimate of drug-likeness (QED) is 0.799. The first-order valence-electron chi connectivity index (χ1n) is 4.16. The topological polar surface area (TPSA) is 39.2 Å². The number of nitrogens with zero attached hydrogens (tertiary/aromatic N) is 1. The minimum Gasteiger partial charge on any atom is -0.462 e. The zero-order valence-electron chi connectivity index (χ0n) is 7.84. The molecule has 1 rings (SSSR count). The first-order valence-corrected chi connectivity index (χ1v) is 4.95. The minimum atomic E-state index is -2.75. The lowest BCUT2D eigenvalue weighted by atomic mass is 10.1. The van der Waals surface area contributed by atoms with Gasteiger partial charge in [0.15, 0.2) is 0 Å². The van der Waals surface area contributed by atoms with Crippen LogP contribution in [0.15, 0.2) is 16.9 Å². The van der Waals surface area contributed by atoms with E-state index in [0.29, 0.717) is 0 Å². The molecule has 0 radical (unpaired) electrons. The molecule has 0 unspecified atom stereocenters. The zero-order chi connectivity index (χ0) is 11.4. The van der Waals surface area contributed by atoms with Crippen LogP contribution >= 0.6 is 15.9 Å². The van der Waals surface area contributed by atoms with Crippen molar-refractivity contribution < 1.29 is 18.3 Å². The molecule has 1 heterocycles. The van der Waals surface area contributed by atoms with Crippen molar-refractivity contribution in [3.63, 3.8) is 0 Å². The van der Waals surface area contributed by atoms with E-state index in [1.54, 1.807) is 6.92 Å². The van der Waals surface area contributed by atoms with Gasteiger partial charge in [-0.3, -0.25) is 4.98 Å². The van der Waals surface area contributed by atoms with Crippen LogP contribution in [-0.2, 0) is 4.74 Å². The van der Waals surface area contributed by atoms with Crippen LogP contribution in [0.5, 0.6) is 0 Å². The fraction of sp³-hybridized carbons (Fsp3) is 0.333. The number of hydrogen-bond acceptors (Lipinski definition) is 3. The van der Waals surface area contributed by atoms with Gasteiger partial charge in [0.05, 0.1) is 12.2 Å². The Kier molecular flexibility index (Phi) is 4.14. The molecule has 1 aromatic rings. The van der Waals surface area contributed by atoms with Gasteiger partial charge in [0.25, 0.3) is 6.43 Å². The smallest absolute Gasteiger partial charge is 0.340 e. The molecule has 0 fully saturated rings. The molecule has 6 heteroatoms. The number of ether oxygens (including phenoxy) is 1. The molecule has 0 aliphatic carbocycles. The van der Waals surface area contributed by atoms with Crippen LogP contribution in [0.3, 0.4) is 0 Å². The van der Waals surface area contributed by atoms with E-state index in [4.69, 9.17) is 0 Å². The Morgan fingerprint density at radius 1 is 1.60 bits per heavy atom. The number of alkyl halides is 2. The Balaban J connectivity index is 3.17. The number of carbonyl (C=O) groups excluding carboxylic acids is 1. The third kappa shape index (κ3) is 2.71. The largest absolute Gasteiger partial charge is 0.462 e. The molecule has 0 atom stereocenters. The van der Waals surface area contributed by atoms with Crippen molar-refractivity contribution in [1.82, 2.24) is 4.98 Å². The summed E-state index contributed by atoms with van der Waals surface area (Å²) in [5.41, 5.74) is -0.593. The molecular weight excluding hydrogens is 272 g/mol. The van der Waals surface area contributed by atoms with Gasteiger partial charge in [0, 0.05) is 22.4 Å². The molecule has 0 saturated heterocycles. The van der Waals surface area contributed by atoms with Crippen LogP contribution in [0.25, 0.3) is 0 Å². The Hall–Kier alpha value is -1.04. The lowest BCUT2D eigenvalue weighted by molar-refractivity contribution is 0.0514. The van der Waals surface area contributed by atoms with E-state index >= 15 is 0 Å². The maximum Gasteiger partial charge on any atom is 0.340 e. The van der Waals surface area contributed by atoms with Crippen molar-refractivity contribution in [2.75, 3.05) is 6.61 Å². The molecule has 1 aromatic heterocycles. The van der Waals surface area contributed by atoms with E-state index in [0.717, 1.165) is 6.20 Å². The Bertz CT molecular complexity index is 371. The number of rotatable bonds is 3. The zero-order valence-corrected chi connectivity index (χ0v) is 9.42. The van der Waals surface area contributed by atoms with Crippen molar-refractivity contribution in [3.05, 3.63) is 28.0 Å². The summed E-state index contributed by atoms with van der Waals surface area (Å²) in [4.78, 5) is 15.0. The maximum absolute atomic E-state index is 12.6. The van der Waals surface area contributed by atoms with Gasteiger partial charge in [-0.2, -0.15) is 0 Å². The van der Waals surface area contributed by atoms with Gasteiger partial charge < -0.3 is 4.74 Å². The van der Waals surface area contributed by atoms with Crippen LogP contribution in [-0.4, -0.2) is 17.6 Å². The second-order valence-corrected chi connectivity index (χ2v) is 3.46. The number of hydrogen-bond donors (Lipinski definition) is 0. The molecule has 0 saturated carbocycles. The highest BCUT2D eigenvalue weighted by Crippen LogP contribution is 2.29. The van der Waals surface area contributed by atoms with E-state index in [1.165, 1.54) is 6.20 Å². The molecule has 0 aliphatic heterocycles. The molecule has 0 spiro atoms. The van der Waals surface area contributed by atoms with Crippen molar-refractivity contribution in [3.8, 4) is 0 Å². The fourth-order valence-electron chi connectivity index (χ4n) is 1.04. The molecule has 0 bridgehead atoms. The summed E-state index contributed by atoms with van der Waals surface area (Å²) >= 11 is 2.92. The van der Waals surface area contributed by atoms with Crippen LogP contribution in [0.1, 0.15) is 29.3 Å². The van der Waals surface area contributed by atoms with Crippen molar-refractivity contribution >= 4 is 21.9 Å². The maximum atomic E-state index is 12.6. The van der Waals surface area contributed by atoms with Crippen LogP contribution < -0.4 is 0 Å². The molecule has 0 N–H and O–H groups in total. The number of esters is 1. The number of pyridine rings is 1. The summed E-state index contributed by atoms with van der Waals surface area (Å²) in [6.45, 7) is 1.74. The molecule has 0 aliphatic rings. The third-order valence-corrected chi connectivity index (χ3v) is 2.28. The minimum absolute atomic E-state index is 0.100. The van der Waals surface area contributed by atoms with Gasteiger partial charge in [0.1, 0.15) is 0 Å². The number of aromatic nitrogens is 1. The second kappa shape index (κ2) is 5.16. The summed E-state index contributed by atoms with van der Waals surface area (Å²) < 4.78 is 30.0. The first kappa shape index (κ1) is 12.0. The predicted octanol–water partition coefficient (Wildman–Crippen LogP) is 2.96. The van der Waals surface area contributed by atoms with Gasteiger partial charge in [-0.1, -0.05) is 0 Å². The highest BCUT2D eigenvalue weighted by Gasteiger charge is 2.22. The van der Waals surface area contributed by atoms with Gasteiger partial charge in [-0.05, 0) is 22.9 Å². The third-order valence-electron chi connectivity index (χ3n) is 1.65.